The summed E-state index contributed by atoms with van der Waals surface area (Å²) >= 11 is 0. The normalized spacial score (nSPS) is 18.1. The van der Waals surface area contributed by atoms with E-state index in [0.29, 0.717) is 23.5 Å². The van der Waals surface area contributed by atoms with Crippen LogP contribution in [-0.4, -0.2) is 22.6 Å². The Bertz CT molecular complexity index is 1400. The van der Waals surface area contributed by atoms with Crippen LogP contribution in [0.1, 0.15) is 46.7 Å². The van der Waals surface area contributed by atoms with Crippen molar-refractivity contribution in [2.24, 2.45) is 18.2 Å². The number of rotatable bonds is 2. The molecule has 6 heteroatoms. The Hall–Kier alpha value is -3.87. The third-order valence-electron chi connectivity index (χ3n) is 7.35. The van der Waals surface area contributed by atoms with E-state index in [1.807, 2.05) is 18.2 Å². The van der Waals surface area contributed by atoms with Crippen LogP contribution >= 0.6 is 0 Å². The van der Waals surface area contributed by atoms with Crippen molar-refractivity contribution >= 4 is 5.95 Å². The van der Waals surface area contributed by atoms with E-state index in [9.17, 15) is 4.79 Å². The quantitative estimate of drug-likeness (QED) is 0.608. The van der Waals surface area contributed by atoms with E-state index in [4.69, 9.17) is 11.0 Å². The van der Waals surface area contributed by atoms with E-state index in [-0.39, 0.29) is 17.0 Å². The highest BCUT2D eigenvalue weighted by Crippen LogP contribution is 2.50. The van der Waals surface area contributed by atoms with Crippen LogP contribution in [0.15, 0.2) is 59.5 Å². The summed E-state index contributed by atoms with van der Waals surface area (Å²) in [4.78, 5) is 19.7. The summed E-state index contributed by atoms with van der Waals surface area (Å²) in [5.41, 5.74) is 11.2. The van der Waals surface area contributed by atoms with E-state index in [0.717, 1.165) is 37.9 Å². The zero-order chi connectivity index (χ0) is 23.7. The number of benzene rings is 2. The Morgan fingerprint density at radius 2 is 1.97 bits per heavy atom. The van der Waals surface area contributed by atoms with Crippen molar-refractivity contribution in [1.29, 1.82) is 5.26 Å². The maximum atomic E-state index is 13.0. The SMILES string of the molecule is Cn1c(N2CCC3(CC2)Cc2ccccc2[C@H]3N)ncc(C#CCc2cccc(C#N)c2)c1=O. The van der Waals surface area contributed by atoms with Crippen LogP contribution in [0.5, 0.6) is 0 Å². The Morgan fingerprint density at radius 1 is 1.18 bits per heavy atom. The molecule has 1 aliphatic heterocycles. The van der Waals surface area contributed by atoms with Crippen LogP contribution in [0.4, 0.5) is 5.95 Å². The fourth-order valence-electron chi connectivity index (χ4n) is 5.36. The fourth-order valence-corrected chi connectivity index (χ4v) is 5.36. The van der Waals surface area contributed by atoms with Gasteiger partial charge < -0.3 is 10.6 Å². The number of fused-ring (bicyclic) bond motifs is 1. The van der Waals surface area contributed by atoms with Crippen molar-refractivity contribution in [3.63, 3.8) is 0 Å². The number of nitrogens with two attached hydrogens (primary N) is 1. The smallest absolute Gasteiger partial charge is 0.270 e. The minimum absolute atomic E-state index is 0.0640. The molecule has 2 aliphatic rings. The second-order valence-corrected chi connectivity index (χ2v) is 9.33. The zero-order valence-corrected chi connectivity index (χ0v) is 19.3. The minimum Gasteiger partial charge on any atom is -0.342 e. The van der Waals surface area contributed by atoms with Crippen LogP contribution in [0, 0.1) is 28.6 Å². The Balaban J connectivity index is 1.29. The van der Waals surface area contributed by atoms with Crippen LogP contribution < -0.4 is 16.2 Å². The first-order valence-electron chi connectivity index (χ1n) is 11.6. The van der Waals surface area contributed by atoms with E-state index < -0.39 is 0 Å². The van der Waals surface area contributed by atoms with E-state index in [2.05, 4.69) is 52.1 Å². The van der Waals surface area contributed by atoms with Crippen molar-refractivity contribution < 1.29 is 0 Å². The van der Waals surface area contributed by atoms with Gasteiger partial charge in [0.1, 0.15) is 5.56 Å². The van der Waals surface area contributed by atoms with E-state index in [1.165, 1.54) is 11.1 Å². The van der Waals surface area contributed by atoms with Gasteiger partial charge in [0.25, 0.3) is 5.56 Å². The summed E-state index contributed by atoms with van der Waals surface area (Å²) in [6, 6.07) is 18.0. The summed E-state index contributed by atoms with van der Waals surface area (Å²) in [6.45, 7) is 1.64. The van der Waals surface area contributed by atoms with Gasteiger partial charge >= 0.3 is 0 Å². The molecule has 0 radical (unpaired) electrons. The van der Waals surface area contributed by atoms with E-state index in [1.54, 1.807) is 23.9 Å². The largest absolute Gasteiger partial charge is 0.342 e. The number of nitriles is 1. The summed E-state index contributed by atoms with van der Waals surface area (Å²) in [6.07, 6.45) is 5.02. The van der Waals surface area contributed by atoms with Crippen LogP contribution in [0.25, 0.3) is 0 Å². The van der Waals surface area contributed by atoms with Gasteiger partial charge in [0, 0.05) is 32.6 Å². The molecular weight excluding hydrogens is 422 g/mol. The minimum atomic E-state index is -0.145. The molecule has 34 heavy (non-hydrogen) atoms. The number of aromatic nitrogens is 2. The molecule has 0 bridgehead atoms. The van der Waals surface area contributed by atoms with Gasteiger partial charge in [-0.05, 0) is 53.5 Å². The fraction of sp³-hybridized carbons (Fsp3) is 0.321. The molecule has 3 aromatic rings. The molecule has 1 atom stereocenters. The van der Waals surface area contributed by atoms with Crippen molar-refractivity contribution in [1.82, 2.24) is 9.55 Å². The zero-order valence-electron chi connectivity index (χ0n) is 19.3. The molecule has 1 aliphatic carbocycles. The van der Waals surface area contributed by atoms with Gasteiger partial charge in [-0.25, -0.2) is 4.98 Å². The van der Waals surface area contributed by atoms with Crippen molar-refractivity contribution in [2.45, 2.75) is 31.7 Å². The summed E-state index contributed by atoms with van der Waals surface area (Å²) in [5, 5.41) is 9.03. The molecule has 1 fully saturated rings. The van der Waals surface area contributed by atoms with Crippen LogP contribution in [0.3, 0.4) is 0 Å². The second kappa shape index (κ2) is 8.82. The molecule has 2 heterocycles. The number of anilines is 1. The summed E-state index contributed by atoms with van der Waals surface area (Å²) in [7, 11) is 1.76. The monoisotopic (exact) mass is 449 g/mol. The third-order valence-corrected chi connectivity index (χ3v) is 7.35. The number of nitrogens with zero attached hydrogens (tertiary/aromatic N) is 4. The molecule has 1 saturated heterocycles. The highest BCUT2D eigenvalue weighted by atomic mass is 16.1. The van der Waals surface area contributed by atoms with Gasteiger partial charge in [0.15, 0.2) is 0 Å². The number of hydrogen-bond acceptors (Lipinski definition) is 5. The molecule has 170 valence electrons. The van der Waals surface area contributed by atoms with Crippen molar-refractivity contribution in [2.75, 3.05) is 18.0 Å². The molecule has 0 unspecified atom stereocenters. The lowest BCUT2D eigenvalue weighted by molar-refractivity contribution is 0.186. The lowest BCUT2D eigenvalue weighted by atomic mass is 9.73. The van der Waals surface area contributed by atoms with Gasteiger partial charge in [-0.2, -0.15) is 5.26 Å². The van der Waals surface area contributed by atoms with Gasteiger partial charge in [-0.15, -0.1) is 0 Å². The van der Waals surface area contributed by atoms with Gasteiger partial charge in [0.05, 0.1) is 17.8 Å². The third kappa shape index (κ3) is 3.87. The molecule has 6 nitrogen and oxygen atoms in total. The molecule has 2 N–H and O–H groups in total. The maximum absolute atomic E-state index is 13.0. The van der Waals surface area contributed by atoms with Crippen molar-refractivity contribution in [3.05, 3.63) is 92.9 Å². The highest BCUT2D eigenvalue weighted by Gasteiger charge is 2.46. The molecule has 1 aromatic heterocycles. The first-order valence-corrected chi connectivity index (χ1v) is 11.6. The average molecular weight is 450 g/mol. The van der Waals surface area contributed by atoms with E-state index >= 15 is 0 Å². The lowest BCUT2D eigenvalue weighted by Crippen LogP contribution is -2.46. The molecule has 0 amide bonds. The van der Waals surface area contributed by atoms with Crippen molar-refractivity contribution in [3.8, 4) is 17.9 Å². The molecule has 2 aromatic carbocycles. The molecule has 5 rings (SSSR count). The van der Waals surface area contributed by atoms with Gasteiger partial charge in [0.2, 0.25) is 5.95 Å². The standard InChI is InChI=1S/C28H27N5O/c1-32-26(34)23(10-5-7-20-6-4-8-21(16-20)18-29)19-31-27(32)33-14-12-28(13-15-33)17-22-9-2-3-11-24(22)25(28)30/h2-4,6,8-9,11,16,19,25H,7,12-15,17,30H2,1H3/t25-/m1/s1. The topological polar surface area (TPSA) is 87.9 Å². The number of hydrogen-bond donors (Lipinski definition) is 1. The van der Waals surface area contributed by atoms with Crippen LogP contribution in [-0.2, 0) is 19.9 Å². The van der Waals surface area contributed by atoms with Gasteiger partial charge in [-0.3, -0.25) is 9.36 Å². The Labute approximate surface area is 199 Å². The lowest BCUT2D eigenvalue weighted by Gasteiger charge is -2.42. The first-order chi connectivity index (χ1) is 16.5. The Kier molecular flexibility index (Phi) is 5.69. The molecular formula is C28H27N5O. The first kappa shape index (κ1) is 21.9. The summed E-state index contributed by atoms with van der Waals surface area (Å²) < 4.78 is 1.60. The maximum Gasteiger partial charge on any atom is 0.270 e. The second-order valence-electron chi connectivity index (χ2n) is 9.33. The predicted octanol–water partition coefficient (Wildman–Crippen LogP) is 3.09. The Morgan fingerprint density at radius 3 is 2.74 bits per heavy atom. The average Bonchev–Trinajstić information content (AvgIpc) is 3.14. The highest BCUT2D eigenvalue weighted by molar-refractivity contribution is 5.42. The van der Waals surface area contributed by atoms with Crippen LogP contribution in [0.2, 0.25) is 0 Å². The summed E-state index contributed by atoms with van der Waals surface area (Å²) in [5.74, 6) is 6.68. The van der Waals surface area contributed by atoms with Gasteiger partial charge in [-0.1, -0.05) is 48.2 Å². The predicted molar refractivity (Wildman–Crippen MR) is 132 cm³/mol. The molecule has 0 saturated carbocycles. The number of piperidine rings is 1. The molecule has 1 spiro atoms.